The zero-order valence-corrected chi connectivity index (χ0v) is 15.8. The van der Waals surface area contributed by atoms with Crippen molar-refractivity contribution in [3.63, 3.8) is 0 Å². The Morgan fingerprint density at radius 2 is 1.88 bits per heavy atom. The highest BCUT2D eigenvalue weighted by Gasteiger charge is 2.13. The molecule has 0 aliphatic heterocycles. The molecule has 1 N–H and O–H groups in total. The number of aliphatic hydroxyl groups excluding tert-OH is 1. The minimum absolute atomic E-state index is 0.122. The van der Waals surface area contributed by atoms with E-state index in [1.807, 2.05) is 19.1 Å². The molecule has 4 heteroatoms. The Hall–Kier alpha value is -2.20. The summed E-state index contributed by atoms with van der Waals surface area (Å²) in [7, 11) is 3.28. The molecule has 1 aromatic carbocycles. The van der Waals surface area contributed by atoms with Crippen LogP contribution in [0.3, 0.4) is 0 Å². The molecule has 0 radical (unpaired) electrons. The van der Waals surface area contributed by atoms with E-state index in [0.29, 0.717) is 12.4 Å². The van der Waals surface area contributed by atoms with E-state index >= 15 is 0 Å². The molecule has 0 aliphatic carbocycles. The lowest BCUT2D eigenvalue weighted by molar-refractivity contribution is 0.320. The average Bonchev–Trinajstić information content (AvgIpc) is 2.63. The molecule has 1 rings (SSSR count). The van der Waals surface area contributed by atoms with Crippen LogP contribution < -0.4 is 14.2 Å². The molecule has 0 spiro atoms. The highest BCUT2D eigenvalue weighted by molar-refractivity contribution is 5.52. The third-order valence-electron chi connectivity index (χ3n) is 3.85. The standard InChI is InChI=1S/C21H30O4/c1-6-12-25-20-14-19(23-4)13-18(21(20)24-5)11-10-16(2)8-7-9-17(3)15-22/h6,9-10,13-14,22H,1,7-8,11-12,15H2,2-5H3/b16-10+,17-9+. The number of benzene rings is 1. The van der Waals surface area contributed by atoms with Crippen molar-refractivity contribution >= 4 is 0 Å². The van der Waals surface area contributed by atoms with Gasteiger partial charge in [0, 0.05) is 11.6 Å². The molecule has 1 aromatic rings. The molecular weight excluding hydrogens is 316 g/mol. The summed E-state index contributed by atoms with van der Waals surface area (Å²) in [5.41, 5.74) is 3.31. The first-order valence-electron chi connectivity index (χ1n) is 8.46. The molecule has 4 nitrogen and oxygen atoms in total. The van der Waals surface area contributed by atoms with E-state index in [4.69, 9.17) is 19.3 Å². The van der Waals surface area contributed by atoms with Gasteiger partial charge in [0.05, 0.1) is 20.8 Å². The predicted octanol–water partition coefficient (Wildman–Crippen LogP) is 4.48. The summed E-state index contributed by atoms with van der Waals surface area (Å²) >= 11 is 0. The number of methoxy groups -OCH3 is 2. The van der Waals surface area contributed by atoms with Crippen molar-refractivity contribution in [2.75, 3.05) is 27.4 Å². The van der Waals surface area contributed by atoms with Crippen LogP contribution in [0.1, 0.15) is 32.3 Å². The molecule has 0 atom stereocenters. The molecule has 0 unspecified atom stereocenters. The Morgan fingerprint density at radius 1 is 1.12 bits per heavy atom. The summed E-state index contributed by atoms with van der Waals surface area (Å²) in [5, 5.41) is 9.02. The number of ether oxygens (including phenoxy) is 3. The van der Waals surface area contributed by atoms with E-state index < -0.39 is 0 Å². The quantitative estimate of drug-likeness (QED) is 0.600. The van der Waals surface area contributed by atoms with Gasteiger partial charge in [0.1, 0.15) is 12.4 Å². The maximum Gasteiger partial charge on any atom is 0.165 e. The molecule has 25 heavy (non-hydrogen) atoms. The molecule has 0 fully saturated rings. The van der Waals surface area contributed by atoms with Gasteiger partial charge >= 0.3 is 0 Å². The second kappa shape index (κ2) is 11.4. The monoisotopic (exact) mass is 346 g/mol. The number of aliphatic hydroxyl groups is 1. The second-order valence-electron chi connectivity index (χ2n) is 5.92. The Balaban J connectivity index is 2.91. The second-order valence-corrected chi connectivity index (χ2v) is 5.92. The van der Waals surface area contributed by atoms with Crippen molar-refractivity contribution in [1.82, 2.24) is 0 Å². The summed E-state index contributed by atoms with van der Waals surface area (Å²) in [6, 6.07) is 3.80. The summed E-state index contributed by atoms with van der Waals surface area (Å²) in [6.45, 7) is 8.26. The minimum atomic E-state index is 0.122. The average molecular weight is 346 g/mol. The summed E-state index contributed by atoms with van der Waals surface area (Å²) in [4.78, 5) is 0. The van der Waals surface area contributed by atoms with E-state index in [1.165, 1.54) is 5.57 Å². The predicted molar refractivity (Wildman–Crippen MR) is 103 cm³/mol. The molecule has 0 heterocycles. The fraction of sp³-hybridized carbons (Fsp3) is 0.429. The Kier molecular flexibility index (Phi) is 9.48. The first-order chi connectivity index (χ1) is 12.0. The normalized spacial score (nSPS) is 12.0. The van der Waals surface area contributed by atoms with Gasteiger partial charge in [0.25, 0.3) is 0 Å². The van der Waals surface area contributed by atoms with E-state index in [2.05, 4.69) is 25.7 Å². The van der Waals surface area contributed by atoms with Crippen LogP contribution in [-0.2, 0) is 6.42 Å². The minimum Gasteiger partial charge on any atom is -0.497 e. The number of allylic oxidation sites excluding steroid dienone is 3. The zero-order chi connectivity index (χ0) is 18.7. The first kappa shape index (κ1) is 20.8. The maximum atomic E-state index is 9.02. The molecule has 0 aromatic heterocycles. The lowest BCUT2D eigenvalue weighted by Crippen LogP contribution is -2.00. The number of hydrogen-bond donors (Lipinski definition) is 1. The maximum absolute atomic E-state index is 9.02. The lowest BCUT2D eigenvalue weighted by Gasteiger charge is -2.15. The van der Waals surface area contributed by atoms with Crippen LogP contribution in [0, 0.1) is 0 Å². The Bertz CT molecular complexity index is 615. The highest BCUT2D eigenvalue weighted by atomic mass is 16.5. The fourth-order valence-electron chi connectivity index (χ4n) is 2.39. The smallest absolute Gasteiger partial charge is 0.165 e. The summed E-state index contributed by atoms with van der Waals surface area (Å²) in [6.07, 6.45) is 8.59. The van der Waals surface area contributed by atoms with Gasteiger partial charge < -0.3 is 19.3 Å². The molecule has 0 saturated carbocycles. The van der Waals surface area contributed by atoms with Gasteiger partial charge in [-0.3, -0.25) is 0 Å². The molecule has 0 bridgehead atoms. The Morgan fingerprint density at radius 3 is 2.48 bits per heavy atom. The fourth-order valence-corrected chi connectivity index (χ4v) is 2.39. The van der Waals surface area contributed by atoms with Crippen molar-refractivity contribution in [2.24, 2.45) is 0 Å². The van der Waals surface area contributed by atoms with Gasteiger partial charge in [-0.05, 0) is 39.2 Å². The number of rotatable bonds is 11. The largest absolute Gasteiger partial charge is 0.497 e. The van der Waals surface area contributed by atoms with E-state index in [1.54, 1.807) is 20.3 Å². The van der Waals surface area contributed by atoms with Crippen molar-refractivity contribution in [1.29, 1.82) is 0 Å². The highest BCUT2D eigenvalue weighted by Crippen LogP contribution is 2.36. The van der Waals surface area contributed by atoms with Crippen molar-refractivity contribution < 1.29 is 19.3 Å². The summed E-state index contributed by atoms with van der Waals surface area (Å²) < 4.78 is 16.6. The van der Waals surface area contributed by atoms with Gasteiger partial charge in [0.15, 0.2) is 11.5 Å². The van der Waals surface area contributed by atoms with E-state index in [9.17, 15) is 0 Å². The van der Waals surface area contributed by atoms with Gasteiger partial charge in [-0.15, -0.1) is 0 Å². The van der Waals surface area contributed by atoms with Crippen molar-refractivity contribution in [3.05, 3.63) is 53.6 Å². The van der Waals surface area contributed by atoms with Gasteiger partial charge in [-0.1, -0.05) is 36.0 Å². The third-order valence-corrected chi connectivity index (χ3v) is 3.85. The van der Waals surface area contributed by atoms with E-state index in [-0.39, 0.29) is 6.61 Å². The topological polar surface area (TPSA) is 47.9 Å². The van der Waals surface area contributed by atoms with Crippen LogP contribution in [0.4, 0.5) is 0 Å². The van der Waals surface area contributed by atoms with Crippen LogP contribution in [0.15, 0.2) is 48.1 Å². The molecular formula is C21H30O4. The molecule has 138 valence electrons. The van der Waals surface area contributed by atoms with Crippen molar-refractivity contribution in [3.8, 4) is 17.2 Å². The van der Waals surface area contributed by atoms with Crippen LogP contribution >= 0.6 is 0 Å². The Labute approximate surface area is 151 Å². The molecule has 0 aliphatic rings. The molecule has 0 saturated heterocycles. The van der Waals surface area contributed by atoms with Gasteiger partial charge in [-0.25, -0.2) is 0 Å². The van der Waals surface area contributed by atoms with Crippen LogP contribution in [-0.4, -0.2) is 32.5 Å². The zero-order valence-electron chi connectivity index (χ0n) is 15.8. The van der Waals surface area contributed by atoms with E-state index in [0.717, 1.165) is 41.9 Å². The molecule has 0 amide bonds. The SMILES string of the molecule is C=CCOc1cc(OC)cc(C/C=C(\C)CC/C=C(\C)CO)c1OC. The van der Waals surface area contributed by atoms with Crippen LogP contribution in [0.2, 0.25) is 0 Å². The van der Waals surface area contributed by atoms with Gasteiger partial charge in [0.2, 0.25) is 0 Å². The first-order valence-corrected chi connectivity index (χ1v) is 8.46. The number of hydrogen-bond acceptors (Lipinski definition) is 4. The van der Waals surface area contributed by atoms with Crippen LogP contribution in [0.25, 0.3) is 0 Å². The van der Waals surface area contributed by atoms with Crippen LogP contribution in [0.5, 0.6) is 17.2 Å². The third kappa shape index (κ3) is 7.06. The summed E-state index contributed by atoms with van der Waals surface area (Å²) in [5.74, 6) is 2.12. The van der Waals surface area contributed by atoms with Gasteiger partial charge in [-0.2, -0.15) is 0 Å². The van der Waals surface area contributed by atoms with Crippen molar-refractivity contribution in [2.45, 2.75) is 33.1 Å². The lowest BCUT2D eigenvalue weighted by atomic mass is 10.0.